The Bertz CT molecular complexity index is 901. The van der Waals surface area contributed by atoms with E-state index in [9.17, 15) is 0 Å². The SMILES string of the molecule is COc1ccc(C)cc1C[NH+]1CC[NH+]([C@@H](C)c2nnc(-c3cccs3)o2)CC1. The zero-order valence-corrected chi connectivity index (χ0v) is 17.5. The van der Waals surface area contributed by atoms with E-state index in [2.05, 4.69) is 42.2 Å². The molecule has 1 atom stereocenters. The van der Waals surface area contributed by atoms with Crippen LogP contribution in [0.3, 0.4) is 0 Å². The highest BCUT2D eigenvalue weighted by atomic mass is 32.1. The van der Waals surface area contributed by atoms with Gasteiger partial charge in [-0.2, -0.15) is 0 Å². The van der Waals surface area contributed by atoms with Crippen LogP contribution in [0.4, 0.5) is 0 Å². The Hall–Kier alpha value is -2.22. The quantitative estimate of drug-likeness (QED) is 0.652. The summed E-state index contributed by atoms with van der Waals surface area (Å²) >= 11 is 1.63. The number of hydrogen-bond donors (Lipinski definition) is 2. The second-order valence-electron chi connectivity index (χ2n) is 7.54. The van der Waals surface area contributed by atoms with Crippen LogP contribution in [-0.4, -0.2) is 43.5 Å². The van der Waals surface area contributed by atoms with E-state index in [0.29, 0.717) is 5.89 Å². The Morgan fingerprint density at radius 2 is 2.00 bits per heavy atom. The minimum absolute atomic E-state index is 0.219. The van der Waals surface area contributed by atoms with Crippen LogP contribution in [0.2, 0.25) is 0 Å². The van der Waals surface area contributed by atoms with Gasteiger partial charge in [0.05, 0.1) is 12.0 Å². The van der Waals surface area contributed by atoms with Crippen molar-refractivity contribution < 1.29 is 19.0 Å². The van der Waals surface area contributed by atoms with Gasteiger partial charge in [0.15, 0.2) is 6.04 Å². The van der Waals surface area contributed by atoms with Gasteiger partial charge in [0.2, 0.25) is 0 Å². The first-order valence-corrected chi connectivity index (χ1v) is 10.7. The molecule has 2 N–H and O–H groups in total. The van der Waals surface area contributed by atoms with Crippen LogP contribution in [0.5, 0.6) is 5.75 Å². The lowest BCUT2D eigenvalue weighted by atomic mass is 10.1. The van der Waals surface area contributed by atoms with E-state index < -0.39 is 0 Å². The van der Waals surface area contributed by atoms with E-state index in [4.69, 9.17) is 9.15 Å². The van der Waals surface area contributed by atoms with Gasteiger partial charge in [-0.3, -0.25) is 0 Å². The van der Waals surface area contributed by atoms with Crippen molar-refractivity contribution in [3.8, 4) is 16.5 Å². The number of nitrogens with one attached hydrogen (secondary N) is 2. The van der Waals surface area contributed by atoms with Crippen LogP contribution in [0.25, 0.3) is 10.8 Å². The highest BCUT2D eigenvalue weighted by Gasteiger charge is 2.31. The van der Waals surface area contributed by atoms with Gasteiger partial charge in [0.1, 0.15) is 38.5 Å². The molecule has 4 rings (SSSR count). The summed E-state index contributed by atoms with van der Waals surface area (Å²) in [6, 6.07) is 10.7. The predicted molar refractivity (Wildman–Crippen MR) is 109 cm³/mol. The Labute approximate surface area is 169 Å². The summed E-state index contributed by atoms with van der Waals surface area (Å²) in [5.74, 6) is 2.36. The largest absolute Gasteiger partial charge is 0.496 e. The van der Waals surface area contributed by atoms with Gasteiger partial charge >= 0.3 is 0 Å². The fourth-order valence-corrected chi connectivity index (χ4v) is 4.58. The van der Waals surface area contributed by atoms with Crippen LogP contribution in [0.15, 0.2) is 40.1 Å². The van der Waals surface area contributed by atoms with E-state index in [-0.39, 0.29) is 6.04 Å². The molecule has 0 unspecified atom stereocenters. The third-order valence-corrected chi connectivity index (χ3v) is 6.49. The van der Waals surface area contributed by atoms with E-state index in [0.717, 1.165) is 49.2 Å². The molecule has 1 aliphatic rings. The molecule has 3 aromatic rings. The molecule has 1 aromatic carbocycles. The average Bonchev–Trinajstić information content (AvgIpc) is 3.40. The first kappa shape index (κ1) is 19.1. The topological polar surface area (TPSA) is 57.0 Å². The first-order chi connectivity index (χ1) is 13.6. The van der Waals surface area contributed by atoms with Crippen LogP contribution in [-0.2, 0) is 6.54 Å². The maximum absolute atomic E-state index is 5.95. The number of thiophene rings is 1. The summed E-state index contributed by atoms with van der Waals surface area (Å²) in [5.41, 5.74) is 2.58. The summed E-state index contributed by atoms with van der Waals surface area (Å²) < 4.78 is 11.5. The third-order valence-electron chi connectivity index (χ3n) is 5.63. The van der Waals surface area contributed by atoms with E-state index in [1.165, 1.54) is 16.0 Å². The zero-order valence-electron chi connectivity index (χ0n) is 16.7. The van der Waals surface area contributed by atoms with Gasteiger partial charge in [-0.1, -0.05) is 17.7 Å². The average molecular weight is 401 g/mol. The smallest absolute Gasteiger partial charge is 0.274 e. The van der Waals surface area contributed by atoms with Gasteiger partial charge < -0.3 is 19.0 Å². The Morgan fingerprint density at radius 1 is 1.18 bits per heavy atom. The molecule has 0 bridgehead atoms. The summed E-state index contributed by atoms with van der Waals surface area (Å²) in [5, 5.41) is 10.6. The van der Waals surface area contributed by atoms with E-state index >= 15 is 0 Å². The lowest BCUT2D eigenvalue weighted by Crippen LogP contribution is -3.27. The fraction of sp³-hybridized carbons (Fsp3) is 0.429. The minimum atomic E-state index is 0.219. The standard InChI is InChI=1S/C21H26N4O2S/c1-15-6-7-18(26-3)17(13-15)14-24-8-10-25(11-9-24)16(2)20-22-23-21(27-20)19-5-4-12-28-19/h4-7,12-13,16H,8-11,14H2,1-3H3/p+2/t16-/m0/s1. The third kappa shape index (κ3) is 4.11. The number of rotatable bonds is 6. The molecule has 7 heteroatoms. The molecule has 0 amide bonds. The fourth-order valence-electron chi connectivity index (χ4n) is 3.93. The maximum atomic E-state index is 5.95. The molecule has 1 aliphatic heterocycles. The molecular weight excluding hydrogens is 372 g/mol. The van der Waals surface area contributed by atoms with Crippen molar-refractivity contribution in [2.75, 3.05) is 33.3 Å². The number of hydrogen-bond acceptors (Lipinski definition) is 5. The van der Waals surface area contributed by atoms with Crippen molar-refractivity contribution in [1.29, 1.82) is 0 Å². The molecule has 2 aromatic heterocycles. The lowest BCUT2D eigenvalue weighted by molar-refractivity contribution is -1.03. The number of aromatic nitrogens is 2. The number of methoxy groups -OCH3 is 1. The number of ether oxygens (including phenoxy) is 1. The van der Waals surface area contributed by atoms with Crippen molar-refractivity contribution >= 4 is 11.3 Å². The second kappa shape index (κ2) is 8.43. The van der Waals surface area contributed by atoms with Crippen molar-refractivity contribution in [3.05, 3.63) is 52.7 Å². The number of piperazine rings is 1. The molecule has 0 saturated carbocycles. The summed E-state index contributed by atoms with van der Waals surface area (Å²) in [7, 11) is 1.75. The number of quaternary nitrogens is 2. The molecule has 148 valence electrons. The number of aryl methyl sites for hydroxylation is 1. The molecular formula is C21H28N4O2S+2. The van der Waals surface area contributed by atoms with Gasteiger partial charge in [0.25, 0.3) is 11.8 Å². The molecule has 3 heterocycles. The van der Waals surface area contributed by atoms with E-state index in [1.807, 2.05) is 17.5 Å². The monoisotopic (exact) mass is 400 g/mol. The molecule has 6 nitrogen and oxygen atoms in total. The van der Waals surface area contributed by atoms with Gasteiger partial charge in [0, 0.05) is 5.56 Å². The summed E-state index contributed by atoms with van der Waals surface area (Å²) in [6.07, 6.45) is 0. The van der Waals surface area contributed by atoms with Crippen LogP contribution < -0.4 is 14.5 Å². The number of benzene rings is 1. The Kier molecular flexibility index (Phi) is 5.75. The predicted octanol–water partition coefficient (Wildman–Crippen LogP) is 1.16. The van der Waals surface area contributed by atoms with Gasteiger partial charge in [-0.05, 0) is 37.4 Å². The van der Waals surface area contributed by atoms with E-state index in [1.54, 1.807) is 23.3 Å². The number of nitrogens with zero attached hydrogens (tertiary/aromatic N) is 2. The highest BCUT2D eigenvalue weighted by Crippen LogP contribution is 2.24. The lowest BCUT2D eigenvalue weighted by Gasteiger charge is -2.32. The van der Waals surface area contributed by atoms with Crippen molar-refractivity contribution in [3.63, 3.8) is 0 Å². The first-order valence-electron chi connectivity index (χ1n) is 9.83. The van der Waals surface area contributed by atoms with Gasteiger partial charge in [-0.15, -0.1) is 21.5 Å². The van der Waals surface area contributed by atoms with Crippen molar-refractivity contribution in [2.24, 2.45) is 0 Å². The molecule has 1 fully saturated rings. The Morgan fingerprint density at radius 3 is 2.71 bits per heavy atom. The molecule has 1 saturated heterocycles. The molecule has 0 radical (unpaired) electrons. The summed E-state index contributed by atoms with van der Waals surface area (Å²) in [6.45, 7) is 9.79. The second-order valence-corrected chi connectivity index (χ2v) is 8.49. The van der Waals surface area contributed by atoms with Crippen LogP contribution in [0.1, 0.15) is 30.0 Å². The van der Waals surface area contributed by atoms with Crippen molar-refractivity contribution in [1.82, 2.24) is 10.2 Å². The normalized spacial score (nSPS) is 20.8. The molecule has 28 heavy (non-hydrogen) atoms. The highest BCUT2D eigenvalue weighted by molar-refractivity contribution is 7.13. The molecule has 0 spiro atoms. The van der Waals surface area contributed by atoms with Crippen molar-refractivity contribution in [2.45, 2.75) is 26.4 Å². The van der Waals surface area contributed by atoms with Crippen LogP contribution in [0, 0.1) is 6.92 Å². The molecule has 0 aliphatic carbocycles. The minimum Gasteiger partial charge on any atom is -0.496 e. The zero-order chi connectivity index (χ0) is 19.5. The van der Waals surface area contributed by atoms with Gasteiger partial charge in [-0.25, -0.2) is 0 Å². The summed E-state index contributed by atoms with van der Waals surface area (Å²) in [4.78, 5) is 4.15. The maximum Gasteiger partial charge on any atom is 0.274 e. The van der Waals surface area contributed by atoms with Crippen LogP contribution >= 0.6 is 11.3 Å². The Balaban J connectivity index is 1.36.